The zero-order valence-corrected chi connectivity index (χ0v) is 11.5. The minimum absolute atomic E-state index is 0.235. The van der Waals surface area contributed by atoms with Gasteiger partial charge in [0.25, 0.3) is 0 Å². The Hall–Kier alpha value is -2.88. The van der Waals surface area contributed by atoms with Crippen molar-refractivity contribution >= 4 is 21.8 Å². The Morgan fingerprint density at radius 3 is 2.81 bits per heavy atom. The smallest absolute Gasteiger partial charge is 0.146 e. The summed E-state index contributed by atoms with van der Waals surface area (Å²) in [5.41, 5.74) is 1.95. The van der Waals surface area contributed by atoms with Gasteiger partial charge in [-0.15, -0.1) is 0 Å². The number of fused-ring (bicyclic) bond motifs is 2. The van der Waals surface area contributed by atoms with Crippen LogP contribution in [0.15, 0.2) is 54.7 Å². The number of hydrogen-bond donors (Lipinski definition) is 1. The quantitative estimate of drug-likeness (QED) is 0.577. The Kier molecular flexibility index (Phi) is 2.44. The van der Waals surface area contributed by atoms with Gasteiger partial charge in [-0.2, -0.15) is 0 Å². The van der Waals surface area contributed by atoms with Crippen LogP contribution in [0.1, 0.15) is 5.82 Å². The number of para-hydroxylation sites is 2. The Balaban J connectivity index is 2.14. The summed E-state index contributed by atoms with van der Waals surface area (Å²) in [5.74, 6) is 1.90. The van der Waals surface area contributed by atoms with Crippen LogP contribution in [-0.2, 0) is 0 Å². The maximum atomic E-state index is 9.78. The molecule has 2 heterocycles. The summed E-state index contributed by atoms with van der Waals surface area (Å²) in [7, 11) is 0. The van der Waals surface area contributed by atoms with Crippen molar-refractivity contribution < 1.29 is 5.11 Å². The average Bonchev–Trinajstić information content (AvgIpc) is 2.82. The molecule has 0 atom stereocenters. The number of pyridine rings is 1. The first-order valence-corrected chi connectivity index (χ1v) is 6.76. The first-order chi connectivity index (χ1) is 10.2. The normalized spacial score (nSPS) is 11.3. The van der Waals surface area contributed by atoms with Crippen LogP contribution < -0.4 is 0 Å². The van der Waals surface area contributed by atoms with Crippen LogP contribution in [0.5, 0.6) is 5.75 Å². The predicted octanol–water partition coefficient (Wildman–Crippen LogP) is 3.59. The molecule has 4 aromatic rings. The molecule has 4 rings (SSSR count). The van der Waals surface area contributed by atoms with Crippen molar-refractivity contribution in [2.24, 2.45) is 0 Å². The van der Waals surface area contributed by atoms with Crippen molar-refractivity contribution in [3.8, 4) is 11.6 Å². The minimum Gasteiger partial charge on any atom is -0.508 e. The number of nitrogens with zero attached hydrogens (tertiary/aromatic N) is 3. The van der Waals surface area contributed by atoms with Crippen LogP contribution in [0.3, 0.4) is 0 Å². The van der Waals surface area contributed by atoms with Crippen molar-refractivity contribution in [3.63, 3.8) is 0 Å². The second kappa shape index (κ2) is 4.31. The fourth-order valence-corrected chi connectivity index (χ4v) is 2.73. The van der Waals surface area contributed by atoms with Crippen LogP contribution >= 0.6 is 0 Å². The first kappa shape index (κ1) is 11.9. The number of phenols is 1. The summed E-state index contributed by atoms with van der Waals surface area (Å²) in [6.07, 6.45) is 1.78. The maximum absolute atomic E-state index is 9.78. The number of rotatable bonds is 1. The molecule has 0 aliphatic carbocycles. The van der Waals surface area contributed by atoms with E-state index in [0.29, 0.717) is 0 Å². The van der Waals surface area contributed by atoms with Gasteiger partial charge in [-0.1, -0.05) is 18.2 Å². The molecular weight excluding hydrogens is 262 g/mol. The lowest BCUT2D eigenvalue weighted by molar-refractivity contribution is 0.476. The van der Waals surface area contributed by atoms with Gasteiger partial charge in [0.2, 0.25) is 0 Å². The van der Waals surface area contributed by atoms with Gasteiger partial charge in [-0.3, -0.25) is 4.57 Å². The van der Waals surface area contributed by atoms with E-state index >= 15 is 0 Å². The number of phenolic OH excluding ortho intramolecular Hbond substituents is 1. The molecule has 0 amide bonds. The zero-order valence-electron chi connectivity index (χ0n) is 11.5. The third-order valence-electron chi connectivity index (χ3n) is 3.67. The molecular formula is C17H13N3O. The Bertz CT molecular complexity index is 972. The predicted molar refractivity (Wildman–Crippen MR) is 82.8 cm³/mol. The average molecular weight is 275 g/mol. The number of hydrogen-bond acceptors (Lipinski definition) is 3. The van der Waals surface area contributed by atoms with E-state index in [2.05, 4.69) is 9.97 Å². The van der Waals surface area contributed by atoms with E-state index in [1.54, 1.807) is 18.3 Å². The molecule has 0 fully saturated rings. The molecule has 0 saturated heterocycles. The summed E-state index contributed by atoms with van der Waals surface area (Å²) in [5, 5.41) is 11.7. The summed E-state index contributed by atoms with van der Waals surface area (Å²) in [6, 6.07) is 15.2. The number of aromatic hydroxyl groups is 1. The fourth-order valence-electron chi connectivity index (χ4n) is 2.73. The third kappa shape index (κ3) is 1.76. The van der Waals surface area contributed by atoms with Crippen LogP contribution in [-0.4, -0.2) is 19.6 Å². The van der Waals surface area contributed by atoms with Crippen molar-refractivity contribution in [3.05, 3.63) is 60.6 Å². The van der Waals surface area contributed by atoms with Crippen molar-refractivity contribution in [2.45, 2.75) is 6.92 Å². The second-order valence-electron chi connectivity index (χ2n) is 5.02. The molecule has 21 heavy (non-hydrogen) atoms. The monoisotopic (exact) mass is 275 g/mol. The van der Waals surface area contributed by atoms with E-state index in [0.717, 1.165) is 33.4 Å². The lowest BCUT2D eigenvalue weighted by Gasteiger charge is -2.09. The number of benzene rings is 2. The largest absolute Gasteiger partial charge is 0.508 e. The van der Waals surface area contributed by atoms with E-state index in [1.165, 1.54) is 0 Å². The third-order valence-corrected chi connectivity index (χ3v) is 3.67. The number of aromatic nitrogens is 3. The molecule has 4 heteroatoms. The van der Waals surface area contributed by atoms with Gasteiger partial charge in [0.15, 0.2) is 0 Å². The number of aryl methyl sites for hydroxylation is 1. The highest BCUT2D eigenvalue weighted by atomic mass is 16.3. The Morgan fingerprint density at radius 1 is 1.05 bits per heavy atom. The summed E-state index contributed by atoms with van der Waals surface area (Å²) >= 11 is 0. The molecule has 0 radical (unpaired) electrons. The molecule has 0 aliphatic heterocycles. The highest BCUT2D eigenvalue weighted by Gasteiger charge is 2.12. The van der Waals surface area contributed by atoms with E-state index in [9.17, 15) is 5.11 Å². The van der Waals surface area contributed by atoms with Gasteiger partial charge in [-0.25, -0.2) is 9.97 Å². The van der Waals surface area contributed by atoms with Crippen molar-refractivity contribution in [2.75, 3.05) is 0 Å². The molecule has 4 nitrogen and oxygen atoms in total. The van der Waals surface area contributed by atoms with Crippen molar-refractivity contribution in [1.82, 2.24) is 14.5 Å². The molecule has 0 aliphatic rings. The van der Waals surface area contributed by atoms with Gasteiger partial charge in [0.1, 0.15) is 17.4 Å². The van der Waals surface area contributed by atoms with E-state index in [1.807, 2.05) is 47.9 Å². The fraction of sp³-hybridized carbons (Fsp3) is 0.0588. The summed E-state index contributed by atoms with van der Waals surface area (Å²) < 4.78 is 2.02. The molecule has 102 valence electrons. The van der Waals surface area contributed by atoms with E-state index in [4.69, 9.17) is 0 Å². The highest BCUT2D eigenvalue weighted by Crippen LogP contribution is 2.28. The van der Waals surface area contributed by atoms with E-state index in [-0.39, 0.29) is 5.75 Å². The molecule has 1 N–H and O–H groups in total. The van der Waals surface area contributed by atoms with Gasteiger partial charge in [-0.05, 0) is 42.6 Å². The molecule has 2 aromatic heterocycles. The second-order valence-corrected chi connectivity index (χ2v) is 5.02. The van der Waals surface area contributed by atoms with Crippen LogP contribution in [0.25, 0.3) is 27.6 Å². The van der Waals surface area contributed by atoms with Crippen LogP contribution in [0.2, 0.25) is 0 Å². The molecule has 0 bridgehead atoms. The van der Waals surface area contributed by atoms with Gasteiger partial charge in [0, 0.05) is 11.6 Å². The molecule has 0 saturated carbocycles. The Labute approximate surface area is 121 Å². The molecule has 0 unspecified atom stereocenters. The topological polar surface area (TPSA) is 50.9 Å². The number of imidazole rings is 1. The first-order valence-electron chi connectivity index (χ1n) is 6.76. The van der Waals surface area contributed by atoms with E-state index < -0.39 is 0 Å². The van der Waals surface area contributed by atoms with Gasteiger partial charge < -0.3 is 5.11 Å². The zero-order chi connectivity index (χ0) is 14.4. The molecule has 2 aromatic carbocycles. The summed E-state index contributed by atoms with van der Waals surface area (Å²) in [4.78, 5) is 9.09. The summed E-state index contributed by atoms with van der Waals surface area (Å²) in [6.45, 7) is 1.96. The van der Waals surface area contributed by atoms with Gasteiger partial charge in [0.05, 0.1) is 11.0 Å². The van der Waals surface area contributed by atoms with Gasteiger partial charge >= 0.3 is 0 Å². The standard InChI is InChI=1S/C17H13N3O/c1-11-19-15-4-2-3-5-16(15)20(11)17-14-10-13(21)7-6-12(14)8-9-18-17/h2-10,21H,1H3. The highest BCUT2D eigenvalue weighted by molar-refractivity contribution is 5.91. The molecule has 0 spiro atoms. The van der Waals surface area contributed by atoms with Crippen LogP contribution in [0, 0.1) is 6.92 Å². The van der Waals surface area contributed by atoms with Crippen LogP contribution in [0.4, 0.5) is 0 Å². The minimum atomic E-state index is 0.235. The lowest BCUT2D eigenvalue weighted by atomic mass is 10.1. The Morgan fingerprint density at radius 2 is 1.90 bits per heavy atom. The van der Waals surface area contributed by atoms with Crippen molar-refractivity contribution in [1.29, 1.82) is 0 Å². The lowest BCUT2D eigenvalue weighted by Crippen LogP contribution is -2.00. The maximum Gasteiger partial charge on any atom is 0.146 e. The SMILES string of the molecule is Cc1nc2ccccc2n1-c1nccc2ccc(O)cc12.